The summed E-state index contributed by atoms with van der Waals surface area (Å²) in [6.45, 7) is 0. The second-order valence-corrected chi connectivity index (χ2v) is 8.27. The first-order valence-electron chi connectivity index (χ1n) is 8.04. The highest BCUT2D eigenvalue weighted by Gasteiger charge is 2.32. The van der Waals surface area contributed by atoms with Crippen LogP contribution in [0.4, 0.5) is 0 Å². The number of ether oxygens (including phenoxy) is 2. The Kier molecular flexibility index (Phi) is 5.35. The molecule has 1 aromatic carbocycles. The molecule has 1 amide bonds. The maximum Gasteiger partial charge on any atom is 0.353 e. The molecule has 0 saturated heterocycles. The molecular weight excluding hydrogens is 480 g/mol. The number of methoxy groups -OCH3 is 1. The zero-order valence-electron chi connectivity index (χ0n) is 14.7. The number of nitrogens with zero attached hydrogens (tertiary/aromatic N) is 3. The first-order valence-corrected chi connectivity index (χ1v) is 10.6. The molecule has 11 heteroatoms. The Morgan fingerprint density at radius 1 is 1.38 bits per heavy atom. The van der Waals surface area contributed by atoms with Crippen LogP contribution < -0.4 is 9.47 Å². The fourth-order valence-electron chi connectivity index (χ4n) is 2.56. The van der Waals surface area contributed by atoms with E-state index in [0.717, 1.165) is 0 Å². The van der Waals surface area contributed by atoms with Crippen LogP contribution in [0, 0.1) is 5.41 Å². The summed E-state index contributed by atoms with van der Waals surface area (Å²) in [5.74, 6) is -0.573. The smallest absolute Gasteiger partial charge is 0.353 e. The Labute approximate surface area is 181 Å². The predicted molar refractivity (Wildman–Crippen MR) is 116 cm³/mol. The van der Waals surface area contributed by atoms with Crippen molar-refractivity contribution in [3.8, 4) is 11.5 Å². The van der Waals surface area contributed by atoms with Gasteiger partial charge in [0.05, 0.1) is 22.7 Å². The van der Waals surface area contributed by atoms with Gasteiger partial charge in [-0.3, -0.25) is 10.2 Å². The molecule has 0 saturated carbocycles. The Morgan fingerprint density at radius 3 is 2.93 bits per heavy atom. The number of hydrazone groups is 1. The van der Waals surface area contributed by atoms with Crippen molar-refractivity contribution in [2.24, 2.45) is 10.1 Å². The minimum absolute atomic E-state index is 0.0652. The van der Waals surface area contributed by atoms with Crippen LogP contribution >= 0.6 is 39.0 Å². The average Bonchev–Trinajstić information content (AvgIpc) is 3.38. The molecule has 0 spiro atoms. The van der Waals surface area contributed by atoms with Crippen molar-refractivity contribution >= 4 is 73.5 Å². The molecule has 146 valence electrons. The standard InChI is InChI=1S/C18H11BrN4O4S2/c1-26-12-7-9(5-10-15(20)23-18(22-16(10)24)29-8-21-23)6-11(19)14(12)27-17(25)13-3-2-4-28-13/h2-8,20H,1H3/b10-5-,20-15?. The van der Waals surface area contributed by atoms with Gasteiger partial charge in [0.2, 0.25) is 0 Å². The molecule has 2 aromatic rings. The van der Waals surface area contributed by atoms with Gasteiger partial charge in [-0.15, -0.1) is 11.3 Å². The van der Waals surface area contributed by atoms with Gasteiger partial charge in [-0.05, 0) is 62.9 Å². The van der Waals surface area contributed by atoms with E-state index in [9.17, 15) is 9.59 Å². The molecule has 8 nitrogen and oxygen atoms in total. The summed E-state index contributed by atoms with van der Waals surface area (Å²) >= 11 is 5.83. The monoisotopic (exact) mass is 490 g/mol. The average molecular weight is 491 g/mol. The van der Waals surface area contributed by atoms with Crippen molar-refractivity contribution in [2.45, 2.75) is 0 Å². The number of amidine groups is 2. The van der Waals surface area contributed by atoms with Crippen LogP contribution in [0.5, 0.6) is 11.5 Å². The highest BCUT2D eigenvalue weighted by molar-refractivity contribution is 9.10. The quantitative estimate of drug-likeness (QED) is 0.394. The number of thiophene rings is 1. The summed E-state index contributed by atoms with van der Waals surface area (Å²) in [6, 6.07) is 6.70. The molecule has 0 unspecified atom stereocenters. The topological polar surface area (TPSA) is 104 Å². The number of aliphatic imine (C=N–C) groups is 1. The highest BCUT2D eigenvalue weighted by atomic mass is 79.9. The zero-order chi connectivity index (χ0) is 20.5. The van der Waals surface area contributed by atoms with Crippen LogP contribution in [-0.2, 0) is 4.79 Å². The number of carbonyl (C=O) groups excluding carboxylic acids is 2. The lowest BCUT2D eigenvalue weighted by molar-refractivity contribution is -0.114. The largest absolute Gasteiger partial charge is 0.493 e. The van der Waals surface area contributed by atoms with Crippen LogP contribution in [0.2, 0.25) is 0 Å². The molecule has 4 rings (SSSR count). The molecule has 0 fully saturated rings. The lowest BCUT2D eigenvalue weighted by Crippen LogP contribution is -2.35. The van der Waals surface area contributed by atoms with E-state index >= 15 is 0 Å². The van der Waals surface area contributed by atoms with E-state index in [1.807, 2.05) is 0 Å². The highest BCUT2D eigenvalue weighted by Crippen LogP contribution is 2.38. The van der Waals surface area contributed by atoms with E-state index < -0.39 is 11.9 Å². The van der Waals surface area contributed by atoms with E-state index in [2.05, 4.69) is 26.0 Å². The van der Waals surface area contributed by atoms with Crippen LogP contribution in [0.1, 0.15) is 15.2 Å². The molecule has 0 aliphatic carbocycles. The Balaban J connectivity index is 1.67. The Morgan fingerprint density at radius 2 is 2.21 bits per heavy atom. The van der Waals surface area contributed by atoms with Gasteiger partial charge < -0.3 is 9.47 Å². The molecule has 3 heterocycles. The zero-order valence-corrected chi connectivity index (χ0v) is 17.9. The summed E-state index contributed by atoms with van der Waals surface area (Å²) in [7, 11) is 1.45. The number of hydrogen-bond acceptors (Lipinski definition) is 8. The van der Waals surface area contributed by atoms with Crippen molar-refractivity contribution < 1.29 is 19.1 Å². The fraction of sp³-hybridized carbons (Fsp3) is 0.0556. The first kappa shape index (κ1) is 19.6. The van der Waals surface area contributed by atoms with Crippen molar-refractivity contribution in [2.75, 3.05) is 7.11 Å². The summed E-state index contributed by atoms with van der Waals surface area (Å²) < 4.78 is 11.3. The number of nitrogens with one attached hydrogen (secondary N) is 1. The van der Waals surface area contributed by atoms with E-state index in [4.69, 9.17) is 14.9 Å². The third-order valence-electron chi connectivity index (χ3n) is 3.88. The Bertz CT molecular complexity index is 1130. The number of benzene rings is 1. The Hall–Kier alpha value is -2.76. The van der Waals surface area contributed by atoms with Crippen molar-refractivity contribution in [3.05, 3.63) is 50.1 Å². The number of thioether (sulfide) groups is 1. The van der Waals surface area contributed by atoms with Crippen LogP contribution in [0.25, 0.3) is 6.08 Å². The van der Waals surface area contributed by atoms with Crippen LogP contribution in [-0.4, -0.2) is 40.5 Å². The lowest BCUT2D eigenvalue weighted by Gasteiger charge is -2.20. The van der Waals surface area contributed by atoms with E-state index in [1.165, 1.54) is 46.8 Å². The summed E-state index contributed by atoms with van der Waals surface area (Å²) in [5, 5.41) is 15.7. The molecule has 0 radical (unpaired) electrons. The molecular formula is C18H11BrN4O4S2. The van der Waals surface area contributed by atoms with Gasteiger partial charge in [-0.25, -0.2) is 4.79 Å². The fourth-order valence-corrected chi connectivity index (χ4v) is 4.31. The van der Waals surface area contributed by atoms with Gasteiger partial charge in [0.15, 0.2) is 22.5 Å². The number of hydrogen-bond donors (Lipinski definition) is 1. The third kappa shape index (κ3) is 3.76. The van der Waals surface area contributed by atoms with Crippen molar-refractivity contribution in [1.29, 1.82) is 5.41 Å². The van der Waals surface area contributed by atoms with Gasteiger partial charge >= 0.3 is 5.97 Å². The summed E-state index contributed by atoms with van der Waals surface area (Å²) in [4.78, 5) is 29.0. The third-order valence-corrected chi connectivity index (χ3v) is 5.99. The first-order chi connectivity index (χ1) is 14.0. The van der Waals surface area contributed by atoms with Gasteiger partial charge in [-0.1, -0.05) is 6.07 Å². The van der Waals surface area contributed by atoms with Crippen LogP contribution in [0.15, 0.2) is 49.8 Å². The summed E-state index contributed by atoms with van der Waals surface area (Å²) in [5.41, 5.74) is 2.16. The van der Waals surface area contributed by atoms with Crippen molar-refractivity contribution in [3.63, 3.8) is 0 Å². The number of carbonyl (C=O) groups is 2. The second-order valence-electron chi connectivity index (χ2n) is 5.66. The lowest BCUT2D eigenvalue weighted by atomic mass is 10.1. The number of esters is 1. The minimum atomic E-state index is -0.525. The molecule has 1 aromatic heterocycles. The van der Waals surface area contributed by atoms with Gasteiger partial charge in [0.25, 0.3) is 5.91 Å². The van der Waals surface area contributed by atoms with E-state index in [-0.39, 0.29) is 17.2 Å². The molecule has 2 aliphatic rings. The van der Waals surface area contributed by atoms with Gasteiger partial charge in [0, 0.05) is 0 Å². The number of amides is 1. The van der Waals surface area contributed by atoms with Crippen molar-refractivity contribution in [1.82, 2.24) is 5.01 Å². The number of halogens is 1. The maximum atomic E-state index is 12.3. The van der Waals surface area contributed by atoms with E-state index in [1.54, 1.807) is 29.6 Å². The normalized spacial score (nSPS) is 16.8. The molecule has 1 N–H and O–H groups in total. The maximum absolute atomic E-state index is 12.3. The molecule has 0 bridgehead atoms. The minimum Gasteiger partial charge on any atom is -0.493 e. The second kappa shape index (κ2) is 7.93. The molecule has 2 aliphatic heterocycles. The SMILES string of the molecule is COc1cc(/C=C2/C(=N)N3N=CSC3=NC2=O)cc(Br)c1OC(=O)c1cccs1. The van der Waals surface area contributed by atoms with E-state index in [0.29, 0.717) is 25.8 Å². The van der Waals surface area contributed by atoms with Crippen LogP contribution in [0.3, 0.4) is 0 Å². The predicted octanol–water partition coefficient (Wildman–Crippen LogP) is 3.99. The van der Waals surface area contributed by atoms with Gasteiger partial charge in [-0.2, -0.15) is 15.1 Å². The number of fused-ring (bicyclic) bond motifs is 1. The number of rotatable bonds is 4. The van der Waals surface area contributed by atoms with Gasteiger partial charge in [0.1, 0.15) is 4.88 Å². The molecule has 29 heavy (non-hydrogen) atoms. The summed E-state index contributed by atoms with van der Waals surface area (Å²) in [6.07, 6.45) is 1.52. The molecule has 0 atom stereocenters.